The van der Waals surface area contributed by atoms with Crippen molar-refractivity contribution in [1.29, 1.82) is 0 Å². The van der Waals surface area contributed by atoms with Crippen LogP contribution < -0.4 is 5.73 Å². The SMILES string of the molecule is NC(=O)n1c2c(c3cc(F)c(Cl)cc31)CC(CO)CC2. The number of primary amides is 1. The zero-order valence-electron chi connectivity index (χ0n) is 10.7. The molecule has 1 aliphatic rings. The van der Waals surface area contributed by atoms with Crippen LogP contribution in [0.25, 0.3) is 10.9 Å². The lowest BCUT2D eigenvalue weighted by atomic mass is 9.87. The van der Waals surface area contributed by atoms with Gasteiger partial charge in [-0.1, -0.05) is 11.6 Å². The summed E-state index contributed by atoms with van der Waals surface area (Å²) in [6.45, 7) is 0.0821. The van der Waals surface area contributed by atoms with Gasteiger partial charge in [0.05, 0.1) is 10.5 Å². The summed E-state index contributed by atoms with van der Waals surface area (Å²) in [6, 6.07) is 2.18. The van der Waals surface area contributed by atoms with Crippen LogP contribution in [0.3, 0.4) is 0 Å². The van der Waals surface area contributed by atoms with E-state index in [0.29, 0.717) is 23.7 Å². The third kappa shape index (κ3) is 1.89. The van der Waals surface area contributed by atoms with Crippen molar-refractivity contribution >= 4 is 28.5 Å². The highest BCUT2D eigenvalue weighted by Crippen LogP contribution is 2.36. The smallest absolute Gasteiger partial charge is 0.323 e. The van der Waals surface area contributed by atoms with Crippen LogP contribution in [0.1, 0.15) is 17.7 Å². The average Bonchev–Trinajstić information content (AvgIpc) is 2.72. The topological polar surface area (TPSA) is 68.2 Å². The van der Waals surface area contributed by atoms with Crippen molar-refractivity contribution in [2.24, 2.45) is 11.7 Å². The molecule has 0 radical (unpaired) electrons. The van der Waals surface area contributed by atoms with Gasteiger partial charge in [0.1, 0.15) is 5.82 Å². The predicted octanol–water partition coefficient (Wildman–Crippen LogP) is 2.46. The van der Waals surface area contributed by atoms with Crippen molar-refractivity contribution in [2.75, 3.05) is 6.61 Å². The number of hydrogen-bond acceptors (Lipinski definition) is 2. The van der Waals surface area contributed by atoms with E-state index in [1.807, 2.05) is 0 Å². The van der Waals surface area contributed by atoms with Crippen LogP contribution in [0, 0.1) is 11.7 Å². The second-order valence-corrected chi connectivity index (χ2v) is 5.58. The highest BCUT2D eigenvalue weighted by Gasteiger charge is 2.27. The van der Waals surface area contributed by atoms with E-state index in [4.69, 9.17) is 17.3 Å². The van der Waals surface area contributed by atoms with E-state index in [2.05, 4.69) is 0 Å². The molecule has 1 unspecified atom stereocenters. The van der Waals surface area contributed by atoms with Crippen LogP contribution in [0.2, 0.25) is 5.02 Å². The Balaban J connectivity index is 2.32. The first-order chi connectivity index (χ1) is 9.52. The molecule has 106 valence electrons. The minimum Gasteiger partial charge on any atom is -0.396 e. The van der Waals surface area contributed by atoms with Crippen LogP contribution in [0.15, 0.2) is 12.1 Å². The van der Waals surface area contributed by atoms with Gasteiger partial charge >= 0.3 is 6.03 Å². The summed E-state index contributed by atoms with van der Waals surface area (Å²) in [7, 11) is 0. The number of aromatic nitrogens is 1. The maximum absolute atomic E-state index is 13.7. The van der Waals surface area contributed by atoms with Gasteiger partial charge in [-0.05, 0) is 42.9 Å². The molecule has 1 aromatic carbocycles. The number of aliphatic hydroxyl groups excluding tert-OH is 1. The van der Waals surface area contributed by atoms with Gasteiger partial charge in [0.25, 0.3) is 0 Å². The highest BCUT2D eigenvalue weighted by molar-refractivity contribution is 6.31. The van der Waals surface area contributed by atoms with Gasteiger partial charge in [-0.3, -0.25) is 4.57 Å². The summed E-state index contributed by atoms with van der Waals surface area (Å²) in [5.41, 5.74) is 7.67. The van der Waals surface area contributed by atoms with Crippen LogP contribution in [0.4, 0.5) is 9.18 Å². The minimum absolute atomic E-state index is 0.0337. The molecule has 1 atom stereocenters. The van der Waals surface area contributed by atoms with E-state index in [-0.39, 0.29) is 17.5 Å². The Morgan fingerprint density at radius 1 is 1.55 bits per heavy atom. The van der Waals surface area contributed by atoms with Crippen molar-refractivity contribution in [3.8, 4) is 0 Å². The Labute approximate surface area is 119 Å². The number of halogens is 2. The quantitative estimate of drug-likeness (QED) is 0.849. The second kappa shape index (κ2) is 4.75. The van der Waals surface area contributed by atoms with Crippen LogP contribution in [-0.4, -0.2) is 22.3 Å². The van der Waals surface area contributed by atoms with Gasteiger partial charge in [-0.2, -0.15) is 0 Å². The molecule has 0 bridgehead atoms. The first-order valence-electron chi connectivity index (χ1n) is 6.44. The Bertz CT molecular complexity index is 711. The molecule has 1 aliphatic carbocycles. The first-order valence-corrected chi connectivity index (χ1v) is 6.82. The number of carbonyl (C=O) groups excluding carboxylic acids is 1. The van der Waals surface area contributed by atoms with E-state index >= 15 is 0 Å². The van der Waals surface area contributed by atoms with Crippen LogP contribution >= 0.6 is 11.6 Å². The largest absolute Gasteiger partial charge is 0.396 e. The van der Waals surface area contributed by atoms with Gasteiger partial charge in [-0.25, -0.2) is 9.18 Å². The summed E-state index contributed by atoms with van der Waals surface area (Å²) in [5, 5.41) is 9.93. The molecule has 0 aliphatic heterocycles. The van der Waals surface area contributed by atoms with Crippen molar-refractivity contribution in [3.63, 3.8) is 0 Å². The lowest BCUT2D eigenvalue weighted by Gasteiger charge is -2.21. The van der Waals surface area contributed by atoms with E-state index in [1.54, 1.807) is 0 Å². The number of rotatable bonds is 1. The Morgan fingerprint density at radius 3 is 2.95 bits per heavy atom. The lowest BCUT2D eigenvalue weighted by molar-refractivity contribution is 0.212. The molecule has 6 heteroatoms. The summed E-state index contributed by atoms with van der Waals surface area (Å²) in [6.07, 6.45) is 2.03. The molecule has 1 aromatic heterocycles. The van der Waals surface area contributed by atoms with E-state index in [9.17, 15) is 14.3 Å². The maximum Gasteiger partial charge on any atom is 0.323 e. The second-order valence-electron chi connectivity index (χ2n) is 5.17. The van der Waals surface area contributed by atoms with E-state index in [1.165, 1.54) is 16.7 Å². The molecule has 0 saturated carbocycles. The summed E-state index contributed by atoms with van der Waals surface area (Å²) >= 11 is 5.80. The Kier molecular flexibility index (Phi) is 3.18. The van der Waals surface area contributed by atoms with Crippen molar-refractivity contribution < 1.29 is 14.3 Å². The Morgan fingerprint density at radius 2 is 2.30 bits per heavy atom. The Hall–Kier alpha value is -1.59. The number of carbonyl (C=O) groups is 1. The van der Waals surface area contributed by atoms with Crippen molar-refractivity contribution in [1.82, 2.24) is 4.57 Å². The third-order valence-electron chi connectivity index (χ3n) is 3.98. The number of nitrogens with two attached hydrogens (primary N) is 1. The van der Waals surface area contributed by atoms with Gasteiger partial charge in [-0.15, -0.1) is 0 Å². The number of nitrogens with zero attached hydrogens (tertiary/aromatic N) is 1. The molecule has 0 saturated heterocycles. The predicted molar refractivity (Wildman–Crippen MR) is 74.5 cm³/mol. The number of aliphatic hydroxyl groups is 1. The fourth-order valence-corrected chi connectivity index (χ4v) is 3.19. The standard InChI is InChI=1S/C14H14ClFN2O2/c15-10-5-13-9(4-11(10)16)8-3-7(6-19)1-2-12(8)18(13)14(17)20/h4-5,7,19H,1-3,6H2,(H2,17,20). The molecular weight excluding hydrogens is 283 g/mol. The number of amides is 1. The van der Waals surface area contributed by atoms with Crippen molar-refractivity contribution in [3.05, 3.63) is 34.2 Å². The average molecular weight is 297 g/mol. The molecule has 2 aromatic rings. The van der Waals surface area contributed by atoms with Gasteiger partial charge in [0.15, 0.2) is 0 Å². The van der Waals surface area contributed by atoms with Crippen molar-refractivity contribution in [2.45, 2.75) is 19.3 Å². The van der Waals surface area contributed by atoms with Gasteiger partial charge in [0.2, 0.25) is 0 Å². The molecule has 1 amide bonds. The fourth-order valence-electron chi connectivity index (χ4n) is 3.03. The van der Waals surface area contributed by atoms with Gasteiger partial charge in [0, 0.05) is 17.7 Å². The molecule has 3 rings (SSSR count). The van der Waals surface area contributed by atoms with E-state index in [0.717, 1.165) is 17.7 Å². The molecule has 3 N–H and O–H groups in total. The molecule has 4 nitrogen and oxygen atoms in total. The van der Waals surface area contributed by atoms with Crippen LogP contribution in [-0.2, 0) is 12.8 Å². The third-order valence-corrected chi connectivity index (χ3v) is 4.27. The zero-order chi connectivity index (χ0) is 14.4. The zero-order valence-corrected chi connectivity index (χ0v) is 11.5. The number of fused-ring (bicyclic) bond motifs is 3. The molecule has 1 heterocycles. The molecule has 0 fully saturated rings. The summed E-state index contributed by atoms with van der Waals surface area (Å²) in [5.74, 6) is -0.386. The lowest BCUT2D eigenvalue weighted by Crippen LogP contribution is -2.25. The molecule has 20 heavy (non-hydrogen) atoms. The summed E-state index contributed by atoms with van der Waals surface area (Å²) < 4.78 is 15.1. The monoisotopic (exact) mass is 296 g/mol. The number of benzene rings is 1. The highest BCUT2D eigenvalue weighted by atomic mass is 35.5. The normalized spacial score (nSPS) is 18.2. The van der Waals surface area contributed by atoms with Crippen LogP contribution in [0.5, 0.6) is 0 Å². The van der Waals surface area contributed by atoms with Gasteiger partial charge < -0.3 is 10.8 Å². The molecular formula is C14H14ClFN2O2. The first kappa shape index (κ1) is 13.4. The fraction of sp³-hybridized carbons (Fsp3) is 0.357. The minimum atomic E-state index is -0.596. The molecule has 0 spiro atoms. The maximum atomic E-state index is 13.7. The van der Waals surface area contributed by atoms with E-state index < -0.39 is 11.8 Å². The number of hydrogen-bond donors (Lipinski definition) is 2. The summed E-state index contributed by atoms with van der Waals surface area (Å²) in [4.78, 5) is 11.7.